The molecular weight excluding hydrogens is 347 g/mol. The third-order valence-corrected chi connectivity index (χ3v) is 4.00. The van der Waals surface area contributed by atoms with Crippen molar-refractivity contribution in [1.82, 2.24) is 0 Å². The van der Waals surface area contributed by atoms with Crippen molar-refractivity contribution in [3.05, 3.63) is 46.0 Å². The van der Waals surface area contributed by atoms with Crippen molar-refractivity contribution in [2.24, 2.45) is 0 Å². The Kier molecular flexibility index (Phi) is 4.17. The fraction of sp³-hybridized carbons (Fsp3) is 0.0769. The molecule has 88 valence electrons. The zero-order valence-corrected chi connectivity index (χ0v) is 12.2. The Labute approximate surface area is 118 Å². The van der Waals surface area contributed by atoms with Crippen molar-refractivity contribution in [3.8, 4) is 11.5 Å². The van der Waals surface area contributed by atoms with E-state index in [0.29, 0.717) is 5.75 Å². The molecule has 0 heterocycles. The zero-order chi connectivity index (χ0) is 12.3. The molecule has 0 bridgehead atoms. The minimum atomic E-state index is 0.243. The van der Waals surface area contributed by atoms with Crippen molar-refractivity contribution < 1.29 is 9.84 Å². The molecule has 0 atom stereocenters. The molecule has 2 nitrogen and oxygen atoms in total. The maximum atomic E-state index is 9.84. The lowest BCUT2D eigenvalue weighted by atomic mass is 10.3. The van der Waals surface area contributed by atoms with Crippen molar-refractivity contribution in [2.45, 2.75) is 9.79 Å². The average molecular weight is 358 g/mol. The number of halogens is 1. The lowest BCUT2D eigenvalue weighted by Gasteiger charge is -2.06. The predicted molar refractivity (Wildman–Crippen MR) is 77.9 cm³/mol. The molecule has 0 aromatic heterocycles. The van der Waals surface area contributed by atoms with Crippen LogP contribution in [0.4, 0.5) is 0 Å². The van der Waals surface area contributed by atoms with Gasteiger partial charge in [-0.1, -0.05) is 11.8 Å². The summed E-state index contributed by atoms with van der Waals surface area (Å²) in [7, 11) is 1.58. The van der Waals surface area contributed by atoms with E-state index in [9.17, 15) is 5.11 Å². The van der Waals surface area contributed by atoms with Crippen LogP contribution in [0.15, 0.2) is 52.3 Å². The molecule has 0 saturated heterocycles. The Bertz CT molecular complexity index is 511. The highest BCUT2D eigenvalue weighted by Crippen LogP contribution is 2.36. The van der Waals surface area contributed by atoms with Crippen LogP contribution >= 0.6 is 34.4 Å². The molecule has 0 aliphatic carbocycles. The van der Waals surface area contributed by atoms with Crippen LogP contribution in [0.25, 0.3) is 0 Å². The normalized spacial score (nSPS) is 10.2. The molecule has 0 unspecified atom stereocenters. The van der Waals surface area contributed by atoms with E-state index in [1.165, 1.54) is 15.3 Å². The SMILES string of the molecule is COc1ccc(Sc2ccc(I)cc2)c(O)c1. The molecule has 0 saturated carbocycles. The summed E-state index contributed by atoms with van der Waals surface area (Å²) in [6.07, 6.45) is 0. The van der Waals surface area contributed by atoms with Gasteiger partial charge in [-0.25, -0.2) is 0 Å². The van der Waals surface area contributed by atoms with E-state index < -0.39 is 0 Å². The number of hydrogen-bond acceptors (Lipinski definition) is 3. The van der Waals surface area contributed by atoms with E-state index in [0.717, 1.165) is 9.79 Å². The van der Waals surface area contributed by atoms with Crippen LogP contribution in [0.3, 0.4) is 0 Å². The maximum Gasteiger partial charge on any atom is 0.133 e. The second kappa shape index (κ2) is 5.64. The average Bonchev–Trinajstić information content (AvgIpc) is 2.34. The molecule has 2 rings (SSSR count). The zero-order valence-electron chi connectivity index (χ0n) is 9.18. The lowest BCUT2D eigenvalue weighted by Crippen LogP contribution is -1.83. The first-order chi connectivity index (χ1) is 8.19. The number of benzene rings is 2. The Morgan fingerprint density at radius 2 is 1.82 bits per heavy atom. The first-order valence-electron chi connectivity index (χ1n) is 4.99. The summed E-state index contributed by atoms with van der Waals surface area (Å²) < 4.78 is 6.25. The van der Waals surface area contributed by atoms with Crippen molar-refractivity contribution in [1.29, 1.82) is 0 Å². The van der Waals surface area contributed by atoms with Gasteiger partial charge in [-0.2, -0.15) is 0 Å². The monoisotopic (exact) mass is 358 g/mol. The summed E-state index contributed by atoms with van der Waals surface area (Å²) in [4.78, 5) is 1.93. The quantitative estimate of drug-likeness (QED) is 0.836. The number of aromatic hydroxyl groups is 1. The summed E-state index contributed by atoms with van der Waals surface area (Å²) in [6, 6.07) is 13.5. The van der Waals surface area contributed by atoms with Crippen LogP contribution in [0.5, 0.6) is 11.5 Å². The fourth-order valence-electron chi connectivity index (χ4n) is 1.34. The van der Waals surface area contributed by atoms with Crippen molar-refractivity contribution in [3.63, 3.8) is 0 Å². The number of phenolic OH excluding ortho intramolecular Hbond substituents is 1. The van der Waals surface area contributed by atoms with Crippen LogP contribution in [0, 0.1) is 3.57 Å². The Morgan fingerprint density at radius 1 is 1.12 bits per heavy atom. The van der Waals surface area contributed by atoms with E-state index in [4.69, 9.17) is 4.74 Å². The summed E-state index contributed by atoms with van der Waals surface area (Å²) in [5, 5.41) is 9.84. The van der Waals surface area contributed by atoms with Crippen LogP contribution in [-0.4, -0.2) is 12.2 Å². The smallest absolute Gasteiger partial charge is 0.133 e. The second-order valence-corrected chi connectivity index (χ2v) is 5.75. The van der Waals surface area contributed by atoms with Crippen LogP contribution in [-0.2, 0) is 0 Å². The van der Waals surface area contributed by atoms with Gasteiger partial charge in [0.1, 0.15) is 11.5 Å². The van der Waals surface area contributed by atoms with E-state index in [1.54, 1.807) is 13.2 Å². The van der Waals surface area contributed by atoms with E-state index in [2.05, 4.69) is 22.6 Å². The third kappa shape index (κ3) is 3.29. The first-order valence-corrected chi connectivity index (χ1v) is 6.89. The van der Waals surface area contributed by atoms with Crippen LogP contribution in [0.1, 0.15) is 0 Å². The number of hydrogen-bond donors (Lipinski definition) is 1. The van der Waals surface area contributed by atoms with E-state index >= 15 is 0 Å². The maximum absolute atomic E-state index is 9.84. The molecule has 0 aliphatic heterocycles. The number of ether oxygens (including phenoxy) is 1. The molecule has 2 aromatic carbocycles. The van der Waals surface area contributed by atoms with Gasteiger partial charge in [-0.05, 0) is 59.0 Å². The predicted octanol–water partition coefficient (Wildman–Crippen LogP) is 4.16. The molecule has 17 heavy (non-hydrogen) atoms. The Hall–Kier alpha value is -0.880. The summed E-state index contributed by atoms with van der Waals surface area (Å²) in [6.45, 7) is 0. The number of rotatable bonds is 3. The summed E-state index contributed by atoms with van der Waals surface area (Å²) in [5.74, 6) is 0.905. The molecule has 0 aliphatic rings. The Morgan fingerprint density at radius 3 is 2.41 bits per heavy atom. The Balaban J connectivity index is 2.21. The summed E-state index contributed by atoms with van der Waals surface area (Å²) >= 11 is 3.80. The molecule has 0 fully saturated rings. The van der Waals surface area contributed by atoms with Crippen molar-refractivity contribution >= 4 is 34.4 Å². The minimum Gasteiger partial charge on any atom is -0.507 e. The van der Waals surface area contributed by atoms with Crippen LogP contribution in [0.2, 0.25) is 0 Å². The van der Waals surface area contributed by atoms with E-state index in [-0.39, 0.29) is 5.75 Å². The van der Waals surface area contributed by atoms with Gasteiger partial charge in [0.2, 0.25) is 0 Å². The molecular formula is C13H11IO2S. The fourth-order valence-corrected chi connectivity index (χ4v) is 2.53. The lowest BCUT2D eigenvalue weighted by molar-refractivity contribution is 0.405. The molecule has 0 spiro atoms. The summed E-state index contributed by atoms with van der Waals surface area (Å²) in [5.41, 5.74) is 0. The first kappa shape index (κ1) is 12.6. The molecule has 0 radical (unpaired) electrons. The minimum absolute atomic E-state index is 0.243. The topological polar surface area (TPSA) is 29.5 Å². The molecule has 0 amide bonds. The highest BCUT2D eigenvalue weighted by molar-refractivity contribution is 14.1. The van der Waals surface area contributed by atoms with Gasteiger partial charge < -0.3 is 9.84 Å². The van der Waals surface area contributed by atoms with Crippen molar-refractivity contribution in [2.75, 3.05) is 7.11 Å². The second-order valence-electron chi connectivity index (χ2n) is 3.39. The number of methoxy groups -OCH3 is 1. The van der Waals surface area contributed by atoms with Gasteiger partial charge in [0.25, 0.3) is 0 Å². The highest BCUT2D eigenvalue weighted by Gasteiger charge is 2.05. The van der Waals surface area contributed by atoms with Crippen LogP contribution < -0.4 is 4.74 Å². The molecule has 4 heteroatoms. The standard InChI is InChI=1S/C13H11IO2S/c1-16-10-4-7-13(12(15)8-10)17-11-5-2-9(14)3-6-11/h2-8,15H,1H3. The van der Waals surface area contributed by atoms with E-state index in [1.807, 2.05) is 36.4 Å². The molecule has 1 N–H and O–H groups in total. The van der Waals surface area contributed by atoms with Gasteiger partial charge in [-0.3, -0.25) is 0 Å². The van der Waals surface area contributed by atoms with Gasteiger partial charge in [-0.15, -0.1) is 0 Å². The van der Waals surface area contributed by atoms with Gasteiger partial charge in [0.15, 0.2) is 0 Å². The third-order valence-electron chi connectivity index (χ3n) is 2.21. The molecule has 2 aromatic rings. The largest absolute Gasteiger partial charge is 0.507 e. The number of phenols is 1. The van der Waals surface area contributed by atoms with Gasteiger partial charge in [0.05, 0.1) is 12.0 Å². The highest BCUT2D eigenvalue weighted by atomic mass is 127. The van der Waals surface area contributed by atoms with Gasteiger partial charge >= 0.3 is 0 Å². The van der Waals surface area contributed by atoms with Gasteiger partial charge in [0, 0.05) is 14.5 Å².